The predicted octanol–water partition coefficient (Wildman–Crippen LogP) is 0.137. The molecule has 1 heterocycles. The Bertz CT molecular complexity index is 119. The minimum absolute atomic E-state index is 0.822. The van der Waals surface area contributed by atoms with Gasteiger partial charge >= 0.3 is 0 Å². The lowest BCUT2D eigenvalue weighted by atomic mass is 10.1. The number of nitrogens with zero attached hydrogens (tertiary/aromatic N) is 1. The topological polar surface area (TPSA) is 27.3 Å². The van der Waals surface area contributed by atoms with Crippen LogP contribution in [-0.4, -0.2) is 51.2 Å². The zero-order chi connectivity index (χ0) is 9.52. The molecule has 1 saturated heterocycles. The highest BCUT2D eigenvalue weighted by Gasteiger charge is 2.13. The summed E-state index contributed by atoms with van der Waals surface area (Å²) >= 11 is 0. The summed E-state index contributed by atoms with van der Waals surface area (Å²) in [7, 11) is 2.04. The Kier molecular flexibility index (Phi) is 5.35. The molecule has 0 amide bonds. The van der Waals surface area contributed by atoms with Gasteiger partial charge < -0.3 is 15.5 Å². The van der Waals surface area contributed by atoms with E-state index >= 15 is 0 Å². The lowest BCUT2D eigenvalue weighted by molar-refractivity contribution is 0.202. The molecule has 0 aromatic carbocycles. The second kappa shape index (κ2) is 6.35. The maximum atomic E-state index is 3.38. The molecule has 3 heteroatoms. The number of piperazine rings is 1. The van der Waals surface area contributed by atoms with Gasteiger partial charge in [-0.15, -0.1) is 0 Å². The van der Waals surface area contributed by atoms with Crippen molar-refractivity contribution in [1.29, 1.82) is 0 Å². The van der Waals surface area contributed by atoms with Crippen molar-refractivity contribution < 1.29 is 0 Å². The van der Waals surface area contributed by atoms with Crippen LogP contribution in [0.4, 0.5) is 0 Å². The summed E-state index contributed by atoms with van der Waals surface area (Å²) in [5.74, 6) is 0.822. The van der Waals surface area contributed by atoms with Crippen molar-refractivity contribution in [1.82, 2.24) is 15.5 Å². The molecule has 1 aliphatic rings. The lowest BCUT2D eigenvalue weighted by Crippen LogP contribution is -2.46. The number of rotatable bonds is 5. The van der Waals surface area contributed by atoms with E-state index in [1.165, 1.54) is 26.1 Å². The lowest BCUT2D eigenvalue weighted by Gasteiger charge is -2.30. The molecule has 0 saturated carbocycles. The first kappa shape index (κ1) is 11.0. The van der Waals surface area contributed by atoms with Gasteiger partial charge in [0.05, 0.1) is 0 Å². The first-order valence-electron chi connectivity index (χ1n) is 5.44. The monoisotopic (exact) mass is 185 g/mol. The van der Waals surface area contributed by atoms with E-state index < -0.39 is 0 Å². The first-order chi connectivity index (χ1) is 6.36. The third kappa shape index (κ3) is 4.07. The molecule has 0 radical (unpaired) electrons. The molecule has 2 N–H and O–H groups in total. The highest BCUT2D eigenvalue weighted by Crippen LogP contribution is 2.05. The van der Waals surface area contributed by atoms with E-state index in [9.17, 15) is 0 Å². The molecule has 0 unspecified atom stereocenters. The zero-order valence-electron chi connectivity index (χ0n) is 8.97. The fourth-order valence-electron chi connectivity index (χ4n) is 1.89. The van der Waals surface area contributed by atoms with Gasteiger partial charge in [-0.2, -0.15) is 0 Å². The fourth-order valence-corrected chi connectivity index (χ4v) is 1.89. The number of hydrogen-bond donors (Lipinski definition) is 2. The maximum Gasteiger partial charge on any atom is 0.0107 e. The second-order valence-corrected chi connectivity index (χ2v) is 3.88. The normalized spacial score (nSPS) is 21.7. The molecular weight excluding hydrogens is 162 g/mol. The largest absolute Gasteiger partial charge is 0.319 e. The summed E-state index contributed by atoms with van der Waals surface area (Å²) < 4.78 is 0. The second-order valence-electron chi connectivity index (χ2n) is 3.88. The molecule has 1 rings (SSSR count). The van der Waals surface area contributed by atoms with Crippen LogP contribution in [-0.2, 0) is 0 Å². The van der Waals surface area contributed by atoms with Gasteiger partial charge in [-0.25, -0.2) is 0 Å². The van der Waals surface area contributed by atoms with Crippen molar-refractivity contribution in [2.45, 2.75) is 13.3 Å². The summed E-state index contributed by atoms with van der Waals surface area (Å²) in [5.41, 5.74) is 0. The van der Waals surface area contributed by atoms with Crippen LogP contribution in [0.2, 0.25) is 0 Å². The van der Waals surface area contributed by atoms with E-state index in [1.54, 1.807) is 0 Å². The van der Waals surface area contributed by atoms with Crippen LogP contribution in [0.25, 0.3) is 0 Å². The van der Waals surface area contributed by atoms with Crippen molar-refractivity contribution in [2.75, 3.05) is 46.3 Å². The Balaban J connectivity index is 2.18. The van der Waals surface area contributed by atoms with Crippen LogP contribution < -0.4 is 10.6 Å². The van der Waals surface area contributed by atoms with Crippen LogP contribution in [0.3, 0.4) is 0 Å². The van der Waals surface area contributed by atoms with Gasteiger partial charge in [0.1, 0.15) is 0 Å². The fraction of sp³-hybridized carbons (Fsp3) is 1.00. The van der Waals surface area contributed by atoms with Crippen molar-refractivity contribution in [2.24, 2.45) is 5.92 Å². The smallest absolute Gasteiger partial charge is 0.0107 e. The van der Waals surface area contributed by atoms with E-state index in [2.05, 4.69) is 22.5 Å². The highest BCUT2D eigenvalue weighted by atomic mass is 15.2. The summed E-state index contributed by atoms with van der Waals surface area (Å²) in [6, 6.07) is 0. The molecule has 1 aliphatic heterocycles. The molecular formula is C10H23N3. The van der Waals surface area contributed by atoms with Crippen LogP contribution >= 0.6 is 0 Å². The summed E-state index contributed by atoms with van der Waals surface area (Å²) in [6.07, 6.45) is 1.28. The highest BCUT2D eigenvalue weighted by molar-refractivity contribution is 4.71. The van der Waals surface area contributed by atoms with E-state index in [1.807, 2.05) is 7.05 Å². The van der Waals surface area contributed by atoms with Crippen LogP contribution in [0, 0.1) is 5.92 Å². The van der Waals surface area contributed by atoms with E-state index in [4.69, 9.17) is 0 Å². The average Bonchev–Trinajstić information content (AvgIpc) is 2.19. The quantitative estimate of drug-likeness (QED) is 0.638. The van der Waals surface area contributed by atoms with Gasteiger partial charge in [0, 0.05) is 32.7 Å². The molecule has 0 spiro atoms. The molecule has 1 atom stereocenters. The average molecular weight is 185 g/mol. The van der Waals surface area contributed by atoms with E-state index in [-0.39, 0.29) is 0 Å². The Morgan fingerprint density at radius 2 is 2.08 bits per heavy atom. The number of hydrogen-bond acceptors (Lipinski definition) is 3. The van der Waals surface area contributed by atoms with Crippen LogP contribution in [0.5, 0.6) is 0 Å². The Morgan fingerprint density at radius 3 is 2.62 bits per heavy atom. The zero-order valence-corrected chi connectivity index (χ0v) is 8.97. The van der Waals surface area contributed by atoms with Gasteiger partial charge in [0.25, 0.3) is 0 Å². The predicted molar refractivity (Wildman–Crippen MR) is 57.0 cm³/mol. The van der Waals surface area contributed by atoms with Gasteiger partial charge in [-0.05, 0) is 19.5 Å². The van der Waals surface area contributed by atoms with E-state index in [0.717, 1.165) is 25.6 Å². The van der Waals surface area contributed by atoms with Crippen LogP contribution in [0.1, 0.15) is 13.3 Å². The minimum atomic E-state index is 0.822. The maximum absolute atomic E-state index is 3.38. The van der Waals surface area contributed by atoms with Crippen molar-refractivity contribution in [3.8, 4) is 0 Å². The Morgan fingerprint density at radius 1 is 1.38 bits per heavy atom. The summed E-state index contributed by atoms with van der Waals surface area (Å²) in [6.45, 7) is 9.47. The molecule has 0 bridgehead atoms. The summed E-state index contributed by atoms with van der Waals surface area (Å²) in [5, 5.41) is 6.65. The molecule has 78 valence electrons. The molecule has 13 heavy (non-hydrogen) atoms. The molecule has 3 nitrogen and oxygen atoms in total. The number of nitrogens with one attached hydrogen (secondary N) is 2. The van der Waals surface area contributed by atoms with Crippen molar-refractivity contribution in [3.63, 3.8) is 0 Å². The molecule has 0 aliphatic carbocycles. The third-order valence-corrected chi connectivity index (χ3v) is 2.80. The third-order valence-electron chi connectivity index (χ3n) is 2.80. The standard InChI is InChI=1S/C10H23N3/c1-3-10(8-11-2)9-13-6-4-12-5-7-13/h10-12H,3-9H2,1-2H3/t10-/m0/s1. The first-order valence-corrected chi connectivity index (χ1v) is 5.44. The molecule has 1 fully saturated rings. The van der Waals surface area contributed by atoms with Gasteiger partial charge in [0.2, 0.25) is 0 Å². The van der Waals surface area contributed by atoms with Gasteiger partial charge in [-0.3, -0.25) is 0 Å². The van der Waals surface area contributed by atoms with E-state index in [0.29, 0.717) is 0 Å². The Labute approximate surface area is 81.9 Å². The minimum Gasteiger partial charge on any atom is -0.319 e. The Hall–Kier alpha value is -0.120. The van der Waals surface area contributed by atoms with Gasteiger partial charge in [0.15, 0.2) is 0 Å². The van der Waals surface area contributed by atoms with Crippen molar-refractivity contribution in [3.05, 3.63) is 0 Å². The van der Waals surface area contributed by atoms with Crippen molar-refractivity contribution >= 4 is 0 Å². The molecule has 0 aromatic rings. The van der Waals surface area contributed by atoms with Gasteiger partial charge in [-0.1, -0.05) is 13.3 Å². The SMILES string of the molecule is CC[C@@H](CNC)CN1CCNCC1. The molecule has 0 aromatic heterocycles. The van der Waals surface area contributed by atoms with Crippen LogP contribution in [0.15, 0.2) is 0 Å². The summed E-state index contributed by atoms with van der Waals surface area (Å²) in [4.78, 5) is 2.57.